The van der Waals surface area contributed by atoms with Crippen LogP contribution in [0, 0.1) is 17.8 Å². The van der Waals surface area contributed by atoms with Crippen LogP contribution in [0.3, 0.4) is 0 Å². The number of hydrogen-bond acceptors (Lipinski definition) is 3. The van der Waals surface area contributed by atoms with Crippen molar-refractivity contribution in [2.75, 3.05) is 19.7 Å². The van der Waals surface area contributed by atoms with Gasteiger partial charge in [-0.3, -0.25) is 0 Å². The van der Waals surface area contributed by atoms with Crippen LogP contribution in [0.25, 0.3) is 0 Å². The number of nitrogens with one attached hydrogen (secondary N) is 2. The van der Waals surface area contributed by atoms with E-state index in [2.05, 4.69) is 10.6 Å². The number of piperidine rings is 1. The van der Waals surface area contributed by atoms with E-state index in [0.29, 0.717) is 12.5 Å². The Kier molecular flexibility index (Phi) is 2.63. The van der Waals surface area contributed by atoms with E-state index in [0.717, 1.165) is 24.9 Å². The number of fused-ring (bicyclic) bond motifs is 1. The lowest BCUT2D eigenvalue weighted by Gasteiger charge is -2.20. The SMILES string of the molecule is CC(C)(C)NC(=O)OCC1[C@@H]2CNC[C@@H]12. The van der Waals surface area contributed by atoms with Gasteiger partial charge in [-0.05, 0) is 45.7 Å². The minimum absolute atomic E-state index is 0.210. The first kappa shape index (κ1) is 10.7. The van der Waals surface area contributed by atoms with Gasteiger partial charge >= 0.3 is 6.09 Å². The van der Waals surface area contributed by atoms with Crippen molar-refractivity contribution in [1.82, 2.24) is 10.6 Å². The second kappa shape index (κ2) is 3.67. The Bertz CT molecular complexity index is 250. The Morgan fingerprint density at radius 1 is 1.40 bits per heavy atom. The summed E-state index contributed by atoms with van der Waals surface area (Å²) in [6.07, 6.45) is -0.291. The third-order valence-corrected chi connectivity index (χ3v) is 3.15. The van der Waals surface area contributed by atoms with Gasteiger partial charge in [-0.1, -0.05) is 0 Å². The quantitative estimate of drug-likeness (QED) is 0.717. The molecule has 0 aromatic heterocycles. The van der Waals surface area contributed by atoms with Crippen LogP contribution in [-0.4, -0.2) is 31.3 Å². The maximum Gasteiger partial charge on any atom is 0.407 e. The molecule has 0 unspecified atom stereocenters. The van der Waals surface area contributed by atoms with Crippen LogP contribution in [0.15, 0.2) is 0 Å². The molecule has 1 aliphatic heterocycles. The molecule has 2 atom stereocenters. The highest BCUT2D eigenvalue weighted by atomic mass is 16.5. The van der Waals surface area contributed by atoms with E-state index in [9.17, 15) is 4.79 Å². The van der Waals surface area contributed by atoms with Crippen molar-refractivity contribution in [1.29, 1.82) is 0 Å². The van der Waals surface area contributed by atoms with Gasteiger partial charge in [-0.2, -0.15) is 0 Å². The molecule has 2 N–H and O–H groups in total. The van der Waals surface area contributed by atoms with Crippen molar-refractivity contribution in [3.8, 4) is 0 Å². The van der Waals surface area contributed by atoms with Crippen molar-refractivity contribution in [3.63, 3.8) is 0 Å². The average Bonchev–Trinajstić information content (AvgIpc) is 2.55. The third kappa shape index (κ3) is 2.62. The average molecular weight is 212 g/mol. The zero-order chi connectivity index (χ0) is 11.1. The summed E-state index contributed by atoms with van der Waals surface area (Å²) in [6, 6.07) is 0. The first-order valence-corrected chi connectivity index (χ1v) is 5.63. The van der Waals surface area contributed by atoms with Gasteiger partial charge in [-0.25, -0.2) is 4.79 Å². The number of carbonyl (C=O) groups is 1. The van der Waals surface area contributed by atoms with Crippen LogP contribution in [0.2, 0.25) is 0 Å². The van der Waals surface area contributed by atoms with Crippen molar-refractivity contribution >= 4 is 6.09 Å². The largest absolute Gasteiger partial charge is 0.449 e. The number of hydrogen-bond donors (Lipinski definition) is 2. The maximum atomic E-state index is 11.4. The molecule has 1 heterocycles. The Balaban J connectivity index is 1.64. The molecular formula is C11H20N2O2. The van der Waals surface area contributed by atoms with E-state index in [1.807, 2.05) is 20.8 Å². The molecule has 0 spiro atoms. The van der Waals surface area contributed by atoms with Crippen LogP contribution in [0.1, 0.15) is 20.8 Å². The summed E-state index contributed by atoms with van der Waals surface area (Å²) in [6.45, 7) is 8.62. The van der Waals surface area contributed by atoms with Crippen molar-refractivity contribution in [2.45, 2.75) is 26.3 Å². The van der Waals surface area contributed by atoms with Gasteiger partial charge < -0.3 is 15.4 Å². The van der Waals surface area contributed by atoms with Crippen molar-refractivity contribution in [2.24, 2.45) is 17.8 Å². The molecule has 1 aliphatic carbocycles. The maximum absolute atomic E-state index is 11.4. The van der Waals surface area contributed by atoms with Crippen molar-refractivity contribution in [3.05, 3.63) is 0 Å². The molecule has 0 bridgehead atoms. The van der Waals surface area contributed by atoms with Gasteiger partial charge in [0.05, 0.1) is 6.61 Å². The number of ether oxygens (including phenoxy) is 1. The first-order chi connectivity index (χ1) is 6.97. The van der Waals surface area contributed by atoms with E-state index in [1.54, 1.807) is 0 Å². The zero-order valence-corrected chi connectivity index (χ0v) is 9.67. The minimum atomic E-state index is -0.291. The summed E-state index contributed by atoms with van der Waals surface area (Å²) in [5, 5.41) is 6.11. The highest BCUT2D eigenvalue weighted by molar-refractivity contribution is 5.68. The molecule has 0 aromatic carbocycles. The summed E-state index contributed by atoms with van der Waals surface area (Å²) in [7, 11) is 0. The van der Waals surface area contributed by atoms with Crippen molar-refractivity contribution < 1.29 is 9.53 Å². The van der Waals surface area contributed by atoms with Gasteiger partial charge in [0.1, 0.15) is 0 Å². The summed E-state index contributed by atoms with van der Waals surface area (Å²) in [5.41, 5.74) is -0.210. The highest BCUT2D eigenvalue weighted by Gasteiger charge is 2.53. The summed E-state index contributed by atoms with van der Waals surface area (Å²) >= 11 is 0. The molecule has 2 rings (SSSR count). The molecule has 1 saturated carbocycles. The molecule has 2 aliphatic rings. The Morgan fingerprint density at radius 3 is 2.53 bits per heavy atom. The Hall–Kier alpha value is -0.770. The minimum Gasteiger partial charge on any atom is -0.449 e. The Labute approximate surface area is 90.8 Å². The van der Waals surface area contributed by atoms with Crippen LogP contribution in [0.4, 0.5) is 4.79 Å². The first-order valence-electron chi connectivity index (χ1n) is 5.63. The second-order valence-corrected chi connectivity index (χ2v) is 5.62. The van der Waals surface area contributed by atoms with Crippen LogP contribution in [-0.2, 0) is 4.74 Å². The summed E-state index contributed by atoms with van der Waals surface area (Å²) in [5.74, 6) is 2.12. The predicted molar refractivity (Wildman–Crippen MR) is 57.6 cm³/mol. The van der Waals surface area contributed by atoms with E-state index in [1.165, 1.54) is 0 Å². The lowest BCUT2D eigenvalue weighted by atomic mass is 10.1. The molecule has 4 heteroatoms. The molecule has 15 heavy (non-hydrogen) atoms. The lowest BCUT2D eigenvalue weighted by Crippen LogP contribution is -2.41. The fourth-order valence-corrected chi connectivity index (χ4v) is 2.31. The molecule has 2 fully saturated rings. The number of rotatable bonds is 2. The fraction of sp³-hybridized carbons (Fsp3) is 0.909. The predicted octanol–water partition coefficient (Wildman–Crippen LogP) is 0.977. The fourth-order valence-electron chi connectivity index (χ4n) is 2.31. The lowest BCUT2D eigenvalue weighted by molar-refractivity contribution is 0.128. The van der Waals surface area contributed by atoms with Gasteiger partial charge in [0.25, 0.3) is 0 Å². The molecule has 0 radical (unpaired) electrons. The molecule has 1 amide bonds. The van der Waals surface area contributed by atoms with Crippen LogP contribution < -0.4 is 10.6 Å². The molecule has 1 saturated heterocycles. The summed E-state index contributed by atoms with van der Waals surface area (Å²) < 4.78 is 5.20. The van der Waals surface area contributed by atoms with Crippen LogP contribution in [0.5, 0.6) is 0 Å². The smallest absolute Gasteiger partial charge is 0.407 e. The monoisotopic (exact) mass is 212 g/mol. The molecule has 86 valence electrons. The molecule has 4 nitrogen and oxygen atoms in total. The van der Waals surface area contributed by atoms with Gasteiger partial charge in [0.2, 0.25) is 0 Å². The normalized spacial score (nSPS) is 33.4. The van der Waals surface area contributed by atoms with Crippen LogP contribution >= 0.6 is 0 Å². The molecular weight excluding hydrogens is 192 g/mol. The van der Waals surface area contributed by atoms with Gasteiger partial charge in [-0.15, -0.1) is 0 Å². The van der Waals surface area contributed by atoms with E-state index < -0.39 is 0 Å². The van der Waals surface area contributed by atoms with Gasteiger partial charge in [0, 0.05) is 11.5 Å². The molecule has 0 aromatic rings. The topological polar surface area (TPSA) is 50.4 Å². The zero-order valence-electron chi connectivity index (χ0n) is 9.67. The number of alkyl carbamates (subject to hydrolysis) is 1. The highest BCUT2D eigenvalue weighted by Crippen LogP contribution is 2.48. The standard InChI is InChI=1S/C11H20N2O2/c1-11(2,3)13-10(14)15-6-9-7-4-12-5-8(7)9/h7-9,12H,4-6H2,1-3H3,(H,13,14)/t7-,8-/m1/s1. The third-order valence-electron chi connectivity index (χ3n) is 3.15. The second-order valence-electron chi connectivity index (χ2n) is 5.62. The van der Waals surface area contributed by atoms with E-state index >= 15 is 0 Å². The van der Waals surface area contributed by atoms with Gasteiger partial charge in [0.15, 0.2) is 0 Å². The van der Waals surface area contributed by atoms with E-state index in [-0.39, 0.29) is 11.6 Å². The van der Waals surface area contributed by atoms with E-state index in [4.69, 9.17) is 4.74 Å². The summed E-state index contributed by atoms with van der Waals surface area (Å²) in [4.78, 5) is 11.4. The Morgan fingerprint density at radius 2 is 2.00 bits per heavy atom. The number of carbonyl (C=O) groups excluding carboxylic acids is 1. The number of amides is 1.